The lowest BCUT2D eigenvalue weighted by molar-refractivity contribution is 0.0702. The van der Waals surface area contributed by atoms with Gasteiger partial charge in [-0.3, -0.25) is 4.90 Å². The SMILES string of the molecule is CCCCN(C)Cc1nc(-c2cccc(N)c2)c(C(=O)O)s1. The Kier molecular flexibility index (Phi) is 5.51. The van der Waals surface area contributed by atoms with Gasteiger partial charge in [-0.15, -0.1) is 11.3 Å². The number of aromatic nitrogens is 1. The predicted octanol–water partition coefficient (Wildman–Crippen LogP) is 3.32. The maximum Gasteiger partial charge on any atom is 0.348 e. The van der Waals surface area contributed by atoms with Gasteiger partial charge in [0.05, 0.1) is 12.2 Å². The zero-order valence-electron chi connectivity index (χ0n) is 12.9. The van der Waals surface area contributed by atoms with Gasteiger partial charge in [0.2, 0.25) is 0 Å². The molecule has 0 aliphatic carbocycles. The number of aromatic carboxylic acids is 1. The second-order valence-electron chi connectivity index (χ2n) is 5.31. The van der Waals surface area contributed by atoms with Gasteiger partial charge in [-0.05, 0) is 32.1 Å². The molecule has 0 atom stereocenters. The van der Waals surface area contributed by atoms with Gasteiger partial charge in [-0.25, -0.2) is 9.78 Å². The first-order valence-electron chi connectivity index (χ1n) is 7.28. The van der Waals surface area contributed by atoms with Crippen molar-refractivity contribution in [2.24, 2.45) is 0 Å². The molecular weight excluding hydrogens is 298 g/mol. The summed E-state index contributed by atoms with van der Waals surface area (Å²) in [7, 11) is 2.03. The van der Waals surface area contributed by atoms with Crippen molar-refractivity contribution in [2.75, 3.05) is 19.3 Å². The van der Waals surface area contributed by atoms with Crippen LogP contribution in [0.25, 0.3) is 11.3 Å². The molecule has 2 aromatic rings. The number of carboxylic acid groups (broad SMARTS) is 1. The van der Waals surface area contributed by atoms with Gasteiger partial charge in [0, 0.05) is 11.3 Å². The number of unbranched alkanes of at least 4 members (excludes halogenated alkanes) is 1. The van der Waals surface area contributed by atoms with E-state index in [4.69, 9.17) is 5.73 Å². The molecule has 0 radical (unpaired) electrons. The molecule has 0 amide bonds. The number of thiazole rings is 1. The average Bonchev–Trinajstić information content (AvgIpc) is 2.89. The number of hydrogen-bond donors (Lipinski definition) is 2. The van der Waals surface area contributed by atoms with E-state index < -0.39 is 5.97 Å². The summed E-state index contributed by atoms with van der Waals surface area (Å²) < 4.78 is 0. The molecule has 0 unspecified atom stereocenters. The van der Waals surface area contributed by atoms with Gasteiger partial charge in [0.15, 0.2) is 0 Å². The van der Waals surface area contributed by atoms with Crippen LogP contribution in [0.2, 0.25) is 0 Å². The van der Waals surface area contributed by atoms with Crippen molar-refractivity contribution in [2.45, 2.75) is 26.3 Å². The van der Waals surface area contributed by atoms with Crippen LogP contribution in [-0.4, -0.2) is 34.6 Å². The van der Waals surface area contributed by atoms with Crippen LogP contribution in [0, 0.1) is 0 Å². The van der Waals surface area contributed by atoms with Gasteiger partial charge in [0.25, 0.3) is 0 Å². The molecule has 6 heteroatoms. The first-order valence-corrected chi connectivity index (χ1v) is 8.10. The van der Waals surface area contributed by atoms with Gasteiger partial charge in [-0.1, -0.05) is 25.5 Å². The Balaban J connectivity index is 2.28. The van der Waals surface area contributed by atoms with Crippen molar-refractivity contribution in [3.63, 3.8) is 0 Å². The highest BCUT2D eigenvalue weighted by molar-refractivity contribution is 7.14. The molecule has 1 aromatic carbocycles. The fourth-order valence-corrected chi connectivity index (χ4v) is 3.20. The first-order chi connectivity index (χ1) is 10.5. The molecule has 0 fully saturated rings. The lowest BCUT2D eigenvalue weighted by Gasteiger charge is -2.13. The van der Waals surface area contributed by atoms with Crippen molar-refractivity contribution < 1.29 is 9.90 Å². The molecule has 0 bridgehead atoms. The minimum absolute atomic E-state index is 0.268. The van der Waals surface area contributed by atoms with Crippen molar-refractivity contribution in [3.8, 4) is 11.3 Å². The van der Waals surface area contributed by atoms with E-state index in [0.29, 0.717) is 17.9 Å². The Morgan fingerprint density at radius 1 is 1.45 bits per heavy atom. The molecule has 0 aliphatic rings. The molecular formula is C16H21N3O2S. The van der Waals surface area contributed by atoms with Crippen LogP contribution < -0.4 is 5.73 Å². The molecule has 1 aromatic heterocycles. The van der Waals surface area contributed by atoms with Gasteiger partial charge >= 0.3 is 5.97 Å². The number of anilines is 1. The summed E-state index contributed by atoms with van der Waals surface area (Å²) in [6.45, 7) is 3.79. The Morgan fingerprint density at radius 3 is 2.86 bits per heavy atom. The minimum Gasteiger partial charge on any atom is -0.477 e. The van der Waals surface area contributed by atoms with Crippen LogP contribution in [0.1, 0.15) is 34.4 Å². The van der Waals surface area contributed by atoms with E-state index in [-0.39, 0.29) is 4.88 Å². The van der Waals surface area contributed by atoms with E-state index in [1.54, 1.807) is 12.1 Å². The molecule has 22 heavy (non-hydrogen) atoms. The lowest BCUT2D eigenvalue weighted by Crippen LogP contribution is -2.18. The zero-order chi connectivity index (χ0) is 16.1. The molecule has 2 rings (SSSR count). The fourth-order valence-electron chi connectivity index (χ4n) is 2.20. The fraction of sp³-hybridized carbons (Fsp3) is 0.375. The summed E-state index contributed by atoms with van der Waals surface area (Å²) in [6, 6.07) is 7.17. The smallest absolute Gasteiger partial charge is 0.348 e. The third-order valence-corrected chi connectivity index (χ3v) is 4.35. The standard InChI is InChI=1S/C16H21N3O2S/c1-3-4-8-19(2)10-13-18-14(15(22-13)16(20)21)11-6-5-7-12(17)9-11/h5-7,9H,3-4,8,10,17H2,1-2H3,(H,20,21). The number of nitrogens with two attached hydrogens (primary N) is 1. The number of rotatable bonds is 7. The Bertz CT molecular complexity index is 655. The third kappa shape index (κ3) is 4.05. The van der Waals surface area contributed by atoms with Crippen LogP contribution in [-0.2, 0) is 6.54 Å². The van der Waals surface area contributed by atoms with E-state index in [1.165, 1.54) is 11.3 Å². The van der Waals surface area contributed by atoms with Crippen molar-refractivity contribution in [1.29, 1.82) is 0 Å². The molecule has 5 nitrogen and oxygen atoms in total. The number of carboxylic acids is 1. The number of carbonyl (C=O) groups is 1. The minimum atomic E-state index is -0.947. The molecule has 1 heterocycles. The summed E-state index contributed by atoms with van der Waals surface area (Å²) in [4.78, 5) is 18.4. The van der Waals surface area contributed by atoms with E-state index in [1.807, 2.05) is 19.2 Å². The van der Waals surface area contributed by atoms with Gasteiger partial charge in [-0.2, -0.15) is 0 Å². The molecule has 0 saturated carbocycles. The van der Waals surface area contributed by atoms with Crippen molar-refractivity contribution in [1.82, 2.24) is 9.88 Å². The molecule has 0 saturated heterocycles. The Hall–Kier alpha value is -1.92. The second-order valence-corrected chi connectivity index (χ2v) is 6.39. The Morgan fingerprint density at radius 2 is 2.23 bits per heavy atom. The quantitative estimate of drug-likeness (QED) is 0.765. The van der Waals surface area contributed by atoms with E-state index in [9.17, 15) is 9.90 Å². The predicted molar refractivity (Wildman–Crippen MR) is 90.2 cm³/mol. The molecule has 3 N–H and O–H groups in total. The number of benzene rings is 1. The maximum absolute atomic E-state index is 11.5. The van der Waals surface area contributed by atoms with Crippen molar-refractivity contribution >= 4 is 23.0 Å². The van der Waals surface area contributed by atoms with E-state index in [0.717, 1.165) is 30.0 Å². The lowest BCUT2D eigenvalue weighted by atomic mass is 10.1. The summed E-state index contributed by atoms with van der Waals surface area (Å²) in [5, 5.41) is 10.2. The van der Waals surface area contributed by atoms with E-state index in [2.05, 4.69) is 16.8 Å². The number of nitrogen functional groups attached to an aromatic ring is 1. The number of hydrogen-bond acceptors (Lipinski definition) is 5. The highest BCUT2D eigenvalue weighted by Gasteiger charge is 2.19. The number of nitrogens with zero attached hydrogens (tertiary/aromatic N) is 2. The maximum atomic E-state index is 11.5. The molecule has 118 valence electrons. The summed E-state index contributed by atoms with van der Waals surface area (Å²) in [6.07, 6.45) is 2.26. The molecule has 0 spiro atoms. The largest absolute Gasteiger partial charge is 0.477 e. The van der Waals surface area contributed by atoms with Crippen LogP contribution >= 0.6 is 11.3 Å². The molecule has 0 aliphatic heterocycles. The van der Waals surface area contributed by atoms with Crippen LogP contribution in [0.5, 0.6) is 0 Å². The van der Waals surface area contributed by atoms with Gasteiger partial charge in [0.1, 0.15) is 9.88 Å². The topological polar surface area (TPSA) is 79.5 Å². The third-order valence-electron chi connectivity index (χ3n) is 3.32. The van der Waals surface area contributed by atoms with Crippen molar-refractivity contribution in [3.05, 3.63) is 34.2 Å². The average molecular weight is 319 g/mol. The van der Waals surface area contributed by atoms with Gasteiger partial charge < -0.3 is 10.8 Å². The highest BCUT2D eigenvalue weighted by Crippen LogP contribution is 2.30. The van der Waals surface area contributed by atoms with E-state index >= 15 is 0 Å². The normalized spacial score (nSPS) is 11.0. The second kappa shape index (κ2) is 7.38. The summed E-state index contributed by atoms with van der Waals surface area (Å²) in [5.41, 5.74) is 7.63. The summed E-state index contributed by atoms with van der Waals surface area (Å²) in [5.74, 6) is -0.947. The van der Waals surface area contributed by atoms with Crippen LogP contribution in [0.15, 0.2) is 24.3 Å². The Labute approximate surface area is 134 Å². The first kappa shape index (κ1) is 16.5. The summed E-state index contributed by atoms with van der Waals surface area (Å²) >= 11 is 1.24. The van der Waals surface area contributed by atoms with Crippen LogP contribution in [0.3, 0.4) is 0 Å². The van der Waals surface area contributed by atoms with Crippen LogP contribution in [0.4, 0.5) is 5.69 Å². The highest BCUT2D eigenvalue weighted by atomic mass is 32.1. The monoisotopic (exact) mass is 319 g/mol. The zero-order valence-corrected chi connectivity index (χ0v) is 13.7.